The third-order valence-corrected chi connectivity index (χ3v) is 0.879. The Bertz CT molecular complexity index is 71.0. The molecule has 0 bridgehead atoms. The van der Waals surface area contributed by atoms with E-state index in [9.17, 15) is 0 Å². The third kappa shape index (κ3) is 16.9. The molecule has 12 heavy (non-hydrogen) atoms. The van der Waals surface area contributed by atoms with Gasteiger partial charge in [-0.2, -0.15) is 0 Å². The van der Waals surface area contributed by atoms with E-state index in [0.29, 0.717) is 6.61 Å². The smallest absolute Gasteiger partial charge is 2.00 e. The molecule has 0 saturated carbocycles. The first kappa shape index (κ1) is 22.9. The number of hydrogen-bond acceptors (Lipinski definition) is 3. The number of hydrogen-bond donors (Lipinski definition) is 2. The number of aliphatic hydroxyl groups excluding tert-OH is 2. The monoisotopic (exact) mass is 214 g/mol. The molecule has 2 atom stereocenters. The largest absolute Gasteiger partial charge is 4.00 e. The van der Waals surface area contributed by atoms with E-state index in [1.54, 1.807) is 13.8 Å². The Balaban J connectivity index is -0.000000107. The first-order valence-corrected chi connectivity index (χ1v) is 3.07. The summed E-state index contributed by atoms with van der Waals surface area (Å²) in [4.78, 5) is 0. The summed E-state index contributed by atoms with van der Waals surface area (Å²) in [6.07, 6.45) is -0.612. The molecule has 5 nitrogen and oxygen atoms in total. The molecular weight excluding hydrogens is 200 g/mol. The summed E-state index contributed by atoms with van der Waals surface area (Å²) < 4.78 is 4.95. The third-order valence-electron chi connectivity index (χ3n) is 0.879. The van der Waals surface area contributed by atoms with E-state index in [1.165, 1.54) is 0 Å². The van der Waals surface area contributed by atoms with E-state index in [4.69, 9.17) is 14.9 Å². The summed E-state index contributed by atoms with van der Waals surface area (Å²) in [7, 11) is 0. The van der Waals surface area contributed by atoms with E-state index >= 15 is 0 Å². The van der Waals surface area contributed by atoms with Crippen molar-refractivity contribution in [2.45, 2.75) is 26.1 Å². The SMILES string of the molecule is CC(O)COC(C)CO.[O-2].[O-2].[Ti+4]. The number of aliphatic hydroxyl groups is 2. The van der Waals surface area contributed by atoms with E-state index in [2.05, 4.69) is 0 Å². The van der Waals surface area contributed by atoms with Gasteiger partial charge in [0.15, 0.2) is 0 Å². The molecule has 0 amide bonds. The molecule has 2 N–H and O–H groups in total. The standard InChI is InChI=1S/C6H14O3.2O.Ti/c1-5(8)4-9-6(2)3-7;;;/h5-8H,3-4H2,1-2H3;;;/q;2*-2;+4. The summed E-state index contributed by atoms with van der Waals surface area (Å²) in [5.41, 5.74) is 0. The van der Waals surface area contributed by atoms with Crippen molar-refractivity contribution in [1.29, 1.82) is 0 Å². The van der Waals surface area contributed by atoms with Crippen LogP contribution in [0.15, 0.2) is 0 Å². The molecule has 0 aliphatic heterocycles. The fraction of sp³-hybridized carbons (Fsp3) is 1.00. The van der Waals surface area contributed by atoms with Crippen LogP contribution in [-0.2, 0) is 37.4 Å². The Labute approximate surface area is 87.2 Å². The second-order valence-corrected chi connectivity index (χ2v) is 2.18. The molecule has 0 saturated heterocycles. The van der Waals surface area contributed by atoms with Gasteiger partial charge >= 0.3 is 21.7 Å². The Morgan fingerprint density at radius 2 is 1.67 bits per heavy atom. The average Bonchev–Trinajstić information content (AvgIpc) is 1.83. The van der Waals surface area contributed by atoms with Gasteiger partial charge in [0.2, 0.25) is 0 Å². The van der Waals surface area contributed by atoms with Gasteiger partial charge in [-0.3, -0.25) is 0 Å². The van der Waals surface area contributed by atoms with Crippen LogP contribution in [0.5, 0.6) is 0 Å². The van der Waals surface area contributed by atoms with Crippen LogP contribution < -0.4 is 0 Å². The number of rotatable bonds is 4. The Kier molecular flexibility index (Phi) is 26.8. The molecule has 2 unspecified atom stereocenters. The van der Waals surface area contributed by atoms with Crippen LogP contribution in [0.2, 0.25) is 0 Å². The van der Waals surface area contributed by atoms with Crippen molar-refractivity contribution < 1.29 is 47.6 Å². The van der Waals surface area contributed by atoms with Crippen molar-refractivity contribution in [2.24, 2.45) is 0 Å². The molecule has 0 rings (SSSR count). The molecule has 0 aliphatic carbocycles. The fourth-order valence-corrected chi connectivity index (χ4v) is 0.356. The predicted octanol–water partition coefficient (Wildman–Crippen LogP) is -0.475. The van der Waals surface area contributed by atoms with Crippen molar-refractivity contribution >= 4 is 0 Å². The molecule has 0 radical (unpaired) electrons. The van der Waals surface area contributed by atoms with Crippen molar-refractivity contribution in [2.75, 3.05) is 13.2 Å². The zero-order chi connectivity index (χ0) is 7.28. The minimum atomic E-state index is -0.445. The minimum absolute atomic E-state index is 0. The summed E-state index contributed by atoms with van der Waals surface area (Å²) in [6, 6.07) is 0. The Morgan fingerprint density at radius 3 is 1.92 bits per heavy atom. The van der Waals surface area contributed by atoms with Crippen LogP contribution in [0.1, 0.15) is 13.8 Å². The van der Waals surface area contributed by atoms with Gasteiger partial charge in [0.05, 0.1) is 25.4 Å². The maximum Gasteiger partial charge on any atom is 4.00 e. The fourth-order valence-electron chi connectivity index (χ4n) is 0.356. The van der Waals surface area contributed by atoms with Crippen molar-refractivity contribution in [3.05, 3.63) is 0 Å². The maximum atomic E-state index is 8.69. The molecule has 0 heterocycles. The van der Waals surface area contributed by atoms with Gasteiger partial charge in [0.1, 0.15) is 0 Å². The second-order valence-electron chi connectivity index (χ2n) is 2.18. The van der Waals surface area contributed by atoms with Crippen LogP contribution in [0, 0.1) is 0 Å². The van der Waals surface area contributed by atoms with Gasteiger partial charge in [-0.25, -0.2) is 0 Å². The van der Waals surface area contributed by atoms with Crippen molar-refractivity contribution in [3.8, 4) is 0 Å². The summed E-state index contributed by atoms with van der Waals surface area (Å²) >= 11 is 0. The Hall–Kier alpha value is 0.514. The zero-order valence-corrected chi connectivity index (χ0v) is 8.75. The summed E-state index contributed by atoms with van der Waals surface area (Å²) in [5, 5.41) is 17.1. The molecule has 0 spiro atoms. The molecule has 0 fully saturated rings. The van der Waals surface area contributed by atoms with E-state index in [-0.39, 0.29) is 45.4 Å². The molecule has 72 valence electrons. The van der Waals surface area contributed by atoms with Crippen LogP contribution in [-0.4, -0.2) is 35.6 Å². The molecule has 6 heteroatoms. The second kappa shape index (κ2) is 14.1. The predicted molar refractivity (Wildman–Crippen MR) is 35.6 cm³/mol. The van der Waals surface area contributed by atoms with Crippen molar-refractivity contribution in [1.82, 2.24) is 0 Å². The topological polar surface area (TPSA) is 107 Å². The van der Waals surface area contributed by atoms with Crippen LogP contribution in [0.25, 0.3) is 0 Å². The van der Waals surface area contributed by atoms with Gasteiger partial charge in [-0.15, -0.1) is 0 Å². The Morgan fingerprint density at radius 1 is 1.25 bits per heavy atom. The maximum absolute atomic E-state index is 8.69. The van der Waals surface area contributed by atoms with Gasteiger partial charge in [-0.05, 0) is 13.8 Å². The van der Waals surface area contributed by atoms with Gasteiger partial charge in [-0.1, -0.05) is 0 Å². The molecule has 0 aromatic rings. The van der Waals surface area contributed by atoms with Gasteiger partial charge < -0.3 is 25.9 Å². The van der Waals surface area contributed by atoms with E-state index < -0.39 is 6.10 Å². The first-order chi connectivity index (χ1) is 4.16. The van der Waals surface area contributed by atoms with E-state index in [0.717, 1.165) is 0 Å². The summed E-state index contributed by atoms with van der Waals surface area (Å²) in [5.74, 6) is 0. The normalized spacial score (nSPS) is 13.0. The molecule has 0 aromatic carbocycles. The summed E-state index contributed by atoms with van der Waals surface area (Å²) in [6.45, 7) is 3.70. The quantitative estimate of drug-likeness (QED) is 0.617. The van der Waals surface area contributed by atoms with Crippen molar-refractivity contribution in [3.63, 3.8) is 0 Å². The van der Waals surface area contributed by atoms with Gasteiger partial charge in [0.25, 0.3) is 0 Å². The van der Waals surface area contributed by atoms with Crippen LogP contribution >= 0.6 is 0 Å². The molecule has 0 aliphatic rings. The molecule has 0 aromatic heterocycles. The van der Waals surface area contributed by atoms with Gasteiger partial charge in [0, 0.05) is 0 Å². The first-order valence-electron chi connectivity index (χ1n) is 3.07. The van der Waals surface area contributed by atoms with Crippen LogP contribution in [0.4, 0.5) is 0 Å². The molecular formula is C6H14O5Ti. The average molecular weight is 214 g/mol. The van der Waals surface area contributed by atoms with Crippen LogP contribution in [0.3, 0.4) is 0 Å². The minimum Gasteiger partial charge on any atom is -2.00 e. The number of ether oxygens (including phenoxy) is 1. The zero-order valence-electron chi connectivity index (χ0n) is 7.19. The van der Waals surface area contributed by atoms with E-state index in [1.807, 2.05) is 0 Å².